The van der Waals surface area contributed by atoms with Crippen LogP contribution >= 0.6 is 11.3 Å². The van der Waals surface area contributed by atoms with E-state index < -0.39 is 0 Å². The molecule has 0 radical (unpaired) electrons. The van der Waals surface area contributed by atoms with E-state index in [2.05, 4.69) is 20.3 Å². The molecule has 6 heteroatoms. The highest BCUT2D eigenvalue weighted by Gasteiger charge is 2.06. The molecule has 1 N–H and O–H groups in total. The van der Waals surface area contributed by atoms with Crippen molar-refractivity contribution in [1.82, 2.24) is 20.3 Å². The number of thiazole rings is 1. The number of hydrogen-bond donors (Lipinski definition) is 1. The molecule has 5 nitrogen and oxygen atoms in total. The molecule has 0 saturated carbocycles. The Morgan fingerprint density at radius 2 is 2.40 bits per heavy atom. The zero-order valence-corrected chi connectivity index (χ0v) is 8.57. The third kappa shape index (κ3) is 2.57. The van der Waals surface area contributed by atoms with Crippen LogP contribution in [0.5, 0.6) is 0 Å². The Hall–Kier alpha value is -1.82. The van der Waals surface area contributed by atoms with Crippen LogP contribution in [0.1, 0.15) is 16.2 Å². The summed E-state index contributed by atoms with van der Waals surface area (Å²) in [5.41, 5.74) is 2.84. The van der Waals surface area contributed by atoms with E-state index in [9.17, 15) is 4.79 Å². The molecule has 0 atom stereocenters. The Labute approximate surface area is 90.2 Å². The first kappa shape index (κ1) is 9.72. The molecule has 2 heterocycles. The Bertz CT molecular complexity index is 429. The highest BCUT2D eigenvalue weighted by molar-refractivity contribution is 7.07. The first-order chi connectivity index (χ1) is 7.36. The van der Waals surface area contributed by atoms with E-state index in [0.29, 0.717) is 12.2 Å². The van der Waals surface area contributed by atoms with Gasteiger partial charge in [-0.2, -0.15) is 0 Å². The van der Waals surface area contributed by atoms with Gasteiger partial charge in [0.2, 0.25) is 0 Å². The third-order valence-electron chi connectivity index (χ3n) is 1.74. The predicted molar refractivity (Wildman–Crippen MR) is 55.3 cm³/mol. The summed E-state index contributed by atoms with van der Waals surface area (Å²) in [7, 11) is 0. The minimum atomic E-state index is -0.185. The molecule has 2 aromatic rings. The van der Waals surface area contributed by atoms with E-state index in [0.717, 1.165) is 5.69 Å². The second-order valence-corrected chi connectivity index (χ2v) is 3.48. The second kappa shape index (κ2) is 4.61. The molecule has 2 aromatic heterocycles. The average molecular weight is 220 g/mol. The highest BCUT2D eigenvalue weighted by atomic mass is 32.1. The Morgan fingerprint density at radius 3 is 3.07 bits per heavy atom. The van der Waals surface area contributed by atoms with Crippen molar-refractivity contribution in [2.24, 2.45) is 0 Å². The van der Waals surface area contributed by atoms with Gasteiger partial charge >= 0.3 is 0 Å². The number of nitrogens with zero attached hydrogens (tertiary/aromatic N) is 3. The van der Waals surface area contributed by atoms with Crippen LogP contribution in [0, 0.1) is 0 Å². The molecule has 0 bridgehead atoms. The number of nitrogens with one attached hydrogen (secondary N) is 1. The second-order valence-electron chi connectivity index (χ2n) is 2.76. The van der Waals surface area contributed by atoms with Gasteiger partial charge in [-0.1, -0.05) is 0 Å². The van der Waals surface area contributed by atoms with Gasteiger partial charge in [0.15, 0.2) is 0 Å². The number of aromatic nitrogens is 3. The summed E-state index contributed by atoms with van der Waals surface area (Å²) in [6, 6.07) is 1.75. The summed E-state index contributed by atoms with van der Waals surface area (Å²) in [5, 5.41) is 4.42. The smallest absolute Gasteiger partial charge is 0.271 e. The van der Waals surface area contributed by atoms with Crippen molar-refractivity contribution < 1.29 is 4.79 Å². The molecule has 0 saturated heterocycles. The highest BCUT2D eigenvalue weighted by Crippen LogP contribution is 2.00. The fourth-order valence-corrected chi connectivity index (χ4v) is 1.54. The van der Waals surface area contributed by atoms with Crippen LogP contribution in [0.25, 0.3) is 0 Å². The van der Waals surface area contributed by atoms with Crippen LogP contribution in [-0.4, -0.2) is 20.9 Å². The Kier molecular flexibility index (Phi) is 2.99. The summed E-state index contributed by atoms with van der Waals surface area (Å²) < 4.78 is 0. The monoisotopic (exact) mass is 220 g/mol. The zero-order chi connectivity index (χ0) is 10.5. The van der Waals surface area contributed by atoms with Crippen molar-refractivity contribution in [2.75, 3.05) is 0 Å². The molecule has 0 unspecified atom stereocenters. The molecule has 15 heavy (non-hydrogen) atoms. The fourth-order valence-electron chi connectivity index (χ4n) is 1.01. The van der Waals surface area contributed by atoms with E-state index in [4.69, 9.17) is 0 Å². The Morgan fingerprint density at radius 1 is 1.47 bits per heavy atom. The zero-order valence-electron chi connectivity index (χ0n) is 7.75. The van der Waals surface area contributed by atoms with Gasteiger partial charge in [-0.15, -0.1) is 11.3 Å². The average Bonchev–Trinajstić information content (AvgIpc) is 2.81. The van der Waals surface area contributed by atoms with Crippen molar-refractivity contribution in [3.05, 3.63) is 40.9 Å². The molecule has 2 rings (SSSR count). The molecule has 0 aliphatic carbocycles. The Balaban J connectivity index is 1.92. The van der Waals surface area contributed by atoms with Gasteiger partial charge in [0, 0.05) is 11.6 Å². The third-order valence-corrected chi connectivity index (χ3v) is 2.32. The first-order valence-electron chi connectivity index (χ1n) is 4.27. The molecule has 0 aliphatic heterocycles. The summed E-state index contributed by atoms with van der Waals surface area (Å²) >= 11 is 1.39. The minimum Gasteiger partial charge on any atom is -0.345 e. The normalized spacial score (nSPS) is 9.87. The lowest BCUT2D eigenvalue weighted by Crippen LogP contribution is -2.23. The van der Waals surface area contributed by atoms with Crippen LogP contribution in [0.4, 0.5) is 0 Å². The fraction of sp³-hybridized carbons (Fsp3) is 0.111. The SMILES string of the molecule is O=C(NCc1ccncn1)c1cscn1. The number of carbonyl (C=O) groups excluding carboxylic acids is 1. The van der Waals surface area contributed by atoms with Crippen molar-refractivity contribution in [2.45, 2.75) is 6.54 Å². The van der Waals surface area contributed by atoms with Crippen LogP contribution < -0.4 is 5.32 Å². The van der Waals surface area contributed by atoms with Gasteiger partial charge in [-0.25, -0.2) is 15.0 Å². The topological polar surface area (TPSA) is 67.8 Å². The van der Waals surface area contributed by atoms with Gasteiger partial charge < -0.3 is 5.32 Å². The van der Waals surface area contributed by atoms with Crippen molar-refractivity contribution in [1.29, 1.82) is 0 Å². The van der Waals surface area contributed by atoms with Crippen LogP contribution in [-0.2, 0) is 6.54 Å². The number of amides is 1. The van der Waals surface area contributed by atoms with Crippen molar-refractivity contribution in [3.63, 3.8) is 0 Å². The van der Waals surface area contributed by atoms with Crippen LogP contribution in [0.3, 0.4) is 0 Å². The van der Waals surface area contributed by atoms with Gasteiger partial charge in [0.25, 0.3) is 5.91 Å². The van der Waals surface area contributed by atoms with Gasteiger partial charge in [0.1, 0.15) is 12.0 Å². The van der Waals surface area contributed by atoms with Crippen molar-refractivity contribution in [3.8, 4) is 0 Å². The lowest BCUT2D eigenvalue weighted by Gasteiger charge is -2.01. The number of carbonyl (C=O) groups is 1. The molecule has 1 amide bonds. The van der Waals surface area contributed by atoms with E-state index in [1.807, 2.05) is 0 Å². The lowest BCUT2D eigenvalue weighted by atomic mass is 10.4. The summed E-state index contributed by atoms with van der Waals surface area (Å²) in [5.74, 6) is -0.185. The van der Waals surface area contributed by atoms with E-state index >= 15 is 0 Å². The number of rotatable bonds is 3. The maximum Gasteiger partial charge on any atom is 0.271 e. The lowest BCUT2D eigenvalue weighted by molar-refractivity contribution is 0.0946. The first-order valence-corrected chi connectivity index (χ1v) is 5.22. The van der Waals surface area contributed by atoms with Crippen molar-refractivity contribution >= 4 is 17.2 Å². The molecule has 0 fully saturated rings. The van der Waals surface area contributed by atoms with E-state index in [1.165, 1.54) is 17.7 Å². The standard InChI is InChI=1S/C9H8N4OS/c14-9(8-4-15-6-13-8)11-3-7-1-2-10-5-12-7/h1-2,4-6H,3H2,(H,11,14). The summed E-state index contributed by atoms with van der Waals surface area (Å²) in [4.78, 5) is 23.1. The molecule has 0 spiro atoms. The summed E-state index contributed by atoms with van der Waals surface area (Å²) in [6.45, 7) is 0.388. The van der Waals surface area contributed by atoms with Crippen LogP contribution in [0.15, 0.2) is 29.5 Å². The molecular formula is C9H8N4OS. The molecule has 0 aromatic carbocycles. The minimum absolute atomic E-state index is 0.185. The largest absolute Gasteiger partial charge is 0.345 e. The van der Waals surface area contributed by atoms with Crippen LogP contribution in [0.2, 0.25) is 0 Å². The number of hydrogen-bond acceptors (Lipinski definition) is 5. The van der Waals surface area contributed by atoms with Gasteiger partial charge in [0.05, 0.1) is 17.7 Å². The quantitative estimate of drug-likeness (QED) is 0.833. The maximum atomic E-state index is 11.5. The molecule has 76 valence electrons. The summed E-state index contributed by atoms with van der Waals surface area (Å²) in [6.07, 6.45) is 3.08. The predicted octanol–water partition coefficient (Wildman–Crippen LogP) is 0.863. The van der Waals surface area contributed by atoms with Gasteiger partial charge in [-0.05, 0) is 6.07 Å². The van der Waals surface area contributed by atoms with Gasteiger partial charge in [-0.3, -0.25) is 4.79 Å². The molecule has 0 aliphatic rings. The van der Waals surface area contributed by atoms with E-state index in [1.54, 1.807) is 23.2 Å². The molecular weight excluding hydrogens is 212 g/mol. The van der Waals surface area contributed by atoms with E-state index in [-0.39, 0.29) is 5.91 Å². The maximum absolute atomic E-state index is 11.5.